The fraction of sp³-hybridized carbons (Fsp3) is 0.267. The van der Waals surface area contributed by atoms with Gasteiger partial charge in [0.05, 0.1) is 0 Å². The summed E-state index contributed by atoms with van der Waals surface area (Å²) in [5.74, 6) is 0.851. The second-order valence-corrected chi connectivity index (χ2v) is 6.32. The van der Waals surface area contributed by atoms with Crippen molar-refractivity contribution in [3.63, 3.8) is 0 Å². The highest BCUT2D eigenvalue weighted by molar-refractivity contribution is 7.92. The van der Waals surface area contributed by atoms with Crippen LogP contribution in [-0.4, -0.2) is 25.8 Å². The molecule has 0 unspecified atom stereocenters. The number of hydrogen-bond donors (Lipinski definition) is 1. The maximum atomic E-state index is 11.9. The maximum absolute atomic E-state index is 11.9. The van der Waals surface area contributed by atoms with Crippen LogP contribution in [0.3, 0.4) is 0 Å². The SMILES string of the molecule is CCc1ccc(OCCS(=O)(=O)Nc2ccccn2)cc1. The number of aromatic nitrogens is 1. The van der Waals surface area contributed by atoms with Gasteiger partial charge in [-0.15, -0.1) is 0 Å². The lowest BCUT2D eigenvalue weighted by Crippen LogP contribution is -2.21. The van der Waals surface area contributed by atoms with E-state index in [9.17, 15) is 8.42 Å². The number of hydrogen-bond acceptors (Lipinski definition) is 4. The molecule has 6 heteroatoms. The smallest absolute Gasteiger partial charge is 0.237 e. The fourth-order valence-corrected chi connectivity index (χ4v) is 2.57. The molecule has 0 aliphatic heterocycles. The van der Waals surface area contributed by atoms with E-state index in [1.165, 1.54) is 11.8 Å². The maximum Gasteiger partial charge on any atom is 0.237 e. The number of anilines is 1. The molecule has 0 amide bonds. The summed E-state index contributed by atoms with van der Waals surface area (Å²) in [6.45, 7) is 2.17. The van der Waals surface area contributed by atoms with Crippen LogP contribution in [0.5, 0.6) is 5.75 Å². The van der Waals surface area contributed by atoms with Crippen molar-refractivity contribution in [2.45, 2.75) is 13.3 Å². The molecule has 112 valence electrons. The first kappa shape index (κ1) is 15.3. The summed E-state index contributed by atoms with van der Waals surface area (Å²) < 4.78 is 31.6. The van der Waals surface area contributed by atoms with Gasteiger partial charge in [0.2, 0.25) is 10.0 Å². The molecule has 1 N–H and O–H groups in total. The summed E-state index contributed by atoms with van der Waals surface area (Å²) in [7, 11) is -3.46. The molecule has 0 spiro atoms. The zero-order valence-corrected chi connectivity index (χ0v) is 12.6. The molecule has 1 aromatic carbocycles. The van der Waals surface area contributed by atoms with Crippen LogP contribution in [0.15, 0.2) is 48.7 Å². The van der Waals surface area contributed by atoms with Crippen LogP contribution < -0.4 is 9.46 Å². The predicted octanol–water partition coefficient (Wildman–Crippen LogP) is 2.46. The summed E-state index contributed by atoms with van der Waals surface area (Å²) >= 11 is 0. The topological polar surface area (TPSA) is 68.3 Å². The van der Waals surface area contributed by atoms with Crippen LogP contribution in [0.4, 0.5) is 5.82 Å². The van der Waals surface area contributed by atoms with Crippen LogP contribution >= 0.6 is 0 Å². The van der Waals surface area contributed by atoms with E-state index in [0.29, 0.717) is 11.6 Å². The molecule has 0 bridgehead atoms. The zero-order chi connectivity index (χ0) is 15.1. The Morgan fingerprint density at radius 2 is 1.90 bits per heavy atom. The van der Waals surface area contributed by atoms with E-state index < -0.39 is 10.0 Å². The second kappa shape index (κ2) is 7.08. The van der Waals surface area contributed by atoms with Crippen LogP contribution in [-0.2, 0) is 16.4 Å². The first-order chi connectivity index (χ1) is 10.1. The number of aryl methyl sites for hydroxylation is 1. The third-order valence-electron chi connectivity index (χ3n) is 2.88. The van der Waals surface area contributed by atoms with E-state index in [1.807, 2.05) is 24.3 Å². The number of benzene rings is 1. The summed E-state index contributed by atoms with van der Waals surface area (Å²) in [5, 5.41) is 0. The van der Waals surface area contributed by atoms with E-state index in [4.69, 9.17) is 4.74 Å². The van der Waals surface area contributed by atoms with Gasteiger partial charge in [-0.05, 0) is 36.2 Å². The molecule has 2 rings (SSSR count). The molecular weight excluding hydrogens is 288 g/mol. The molecule has 0 aliphatic rings. The van der Waals surface area contributed by atoms with E-state index >= 15 is 0 Å². The predicted molar refractivity (Wildman–Crippen MR) is 83.0 cm³/mol. The van der Waals surface area contributed by atoms with Gasteiger partial charge >= 0.3 is 0 Å². The fourth-order valence-electron chi connectivity index (χ4n) is 1.72. The highest BCUT2D eigenvalue weighted by Crippen LogP contribution is 2.12. The Bertz CT molecular complexity index is 655. The minimum Gasteiger partial charge on any atom is -0.492 e. The summed E-state index contributed by atoms with van der Waals surface area (Å²) in [6.07, 6.45) is 2.49. The normalized spacial score (nSPS) is 11.1. The van der Waals surface area contributed by atoms with Crippen molar-refractivity contribution >= 4 is 15.8 Å². The number of ether oxygens (including phenoxy) is 1. The Labute approximate surface area is 125 Å². The summed E-state index contributed by atoms with van der Waals surface area (Å²) in [4.78, 5) is 3.92. The monoisotopic (exact) mass is 306 g/mol. The molecule has 0 fully saturated rings. The lowest BCUT2D eigenvalue weighted by Gasteiger charge is -2.09. The molecule has 0 aliphatic carbocycles. The van der Waals surface area contributed by atoms with Crippen molar-refractivity contribution < 1.29 is 13.2 Å². The van der Waals surface area contributed by atoms with Crippen molar-refractivity contribution in [2.24, 2.45) is 0 Å². The molecule has 21 heavy (non-hydrogen) atoms. The van der Waals surface area contributed by atoms with E-state index in [1.54, 1.807) is 18.2 Å². The van der Waals surface area contributed by atoms with Crippen molar-refractivity contribution in [1.82, 2.24) is 4.98 Å². The van der Waals surface area contributed by atoms with Gasteiger partial charge in [-0.1, -0.05) is 25.1 Å². The molecule has 0 radical (unpaired) electrons. The quantitative estimate of drug-likeness (QED) is 0.853. The largest absolute Gasteiger partial charge is 0.492 e. The third-order valence-corrected chi connectivity index (χ3v) is 4.10. The lowest BCUT2D eigenvalue weighted by molar-refractivity contribution is 0.341. The number of rotatable bonds is 7. The van der Waals surface area contributed by atoms with Crippen molar-refractivity contribution in [3.05, 3.63) is 54.2 Å². The number of sulfonamides is 1. The summed E-state index contributed by atoms with van der Waals surface area (Å²) in [5.41, 5.74) is 1.21. The Morgan fingerprint density at radius 3 is 2.52 bits per heavy atom. The molecule has 5 nitrogen and oxygen atoms in total. The Hall–Kier alpha value is -2.08. The van der Waals surface area contributed by atoms with Gasteiger partial charge in [0.25, 0.3) is 0 Å². The van der Waals surface area contributed by atoms with Crippen molar-refractivity contribution in [1.29, 1.82) is 0 Å². The van der Waals surface area contributed by atoms with Gasteiger partial charge in [0.15, 0.2) is 0 Å². The standard InChI is InChI=1S/C15H18N2O3S/c1-2-13-6-8-14(9-7-13)20-11-12-21(18,19)17-15-5-3-4-10-16-15/h3-10H,2,11-12H2,1H3,(H,16,17). The van der Waals surface area contributed by atoms with Crippen molar-refractivity contribution in [3.8, 4) is 5.75 Å². The Balaban J connectivity index is 1.84. The molecule has 0 saturated carbocycles. The first-order valence-corrected chi connectivity index (χ1v) is 8.37. The molecule has 2 aromatic rings. The second-order valence-electron chi connectivity index (χ2n) is 4.48. The molecule has 0 atom stereocenters. The van der Waals surface area contributed by atoms with E-state index in [2.05, 4.69) is 16.6 Å². The average molecular weight is 306 g/mol. The van der Waals surface area contributed by atoms with Crippen LogP contribution in [0.1, 0.15) is 12.5 Å². The number of pyridine rings is 1. The Morgan fingerprint density at radius 1 is 1.14 bits per heavy atom. The van der Waals surface area contributed by atoms with Gasteiger partial charge in [-0.2, -0.15) is 0 Å². The zero-order valence-electron chi connectivity index (χ0n) is 11.8. The highest BCUT2D eigenvalue weighted by Gasteiger charge is 2.11. The van der Waals surface area contributed by atoms with Gasteiger partial charge in [-0.25, -0.2) is 13.4 Å². The minimum absolute atomic E-state index is 0.0909. The third kappa shape index (κ3) is 5.07. The van der Waals surface area contributed by atoms with Gasteiger partial charge in [-0.3, -0.25) is 4.72 Å². The van der Waals surface area contributed by atoms with Crippen LogP contribution in [0.25, 0.3) is 0 Å². The van der Waals surface area contributed by atoms with E-state index in [-0.39, 0.29) is 12.4 Å². The highest BCUT2D eigenvalue weighted by atomic mass is 32.2. The average Bonchev–Trinajstić information content (AvgIpc) is 2.48. The van der Waals surface area contributed by atoms with Gasteiger partial charge in [0.1, 0.15) is 23.9 Å². The Kier molecular flexibility index (Phi) is 5.16. The van der Waals surface area contributed by atoms with Crippen LogP contribution in [0.2, 0.25) is 0 Å². The van der Waals surface area contributed by atoms with Crippen molar-refractivity contribution in [2.75, 3.05) is 17.1 Å². The molecule has 1 aromatic heterocycles. The van der Waals surface area contributed by atoms with Gasteiger partial charge in [0, 0.05) is 6.20 Å². The van der Waals surface area contributed by atoms with E-state index in [0.717, 1.165) is 6.42 Å². The van der Waals surface area contributed by atoms with Gasteiger partial charge < -0.3 is 4.74 Å². The first-order valence-electron chi connectivity index (χ1n) is 6.72. The molecular formula is C15H18N2O3S. The number of nitrogens with zero attached hydrogens (tertiary/aromatic N) is 1. The molecule has 1 heterocycles. The number of nitrogens with one attached hydrogen (secondary N) is 1. The summed E-state index contributed by atoms with van der Waals surface area (Å²) in [6, 6.07) is 12.7. The van der Waals surface area contributed by atoms with Crippen LogP contribution in [0, 0.1) is 0 Å². The lowest BCUT2D eigenvalue weighted by atomic mass is 10.2. The minimum atomic E-state index is -3.46. The molecule has 0 saturated heterocycles.